The fraction of sp³-hybridized carbons (Fsp3) is 0.429. The highest BCUT2D eigenvalue weighted by atomic mass is 31.2. The van der Waals surface area contributed by atoms with Crippen LogP contribution in [-0.2, 0) is 4.57 Å². The molecule has 0 radical (unpaired) electrons. The van der Waals surface area contributed by atoms with E-state index in [1.807, 2.05) is 36.1 Å². The molecule has 0 bridgehead atoms. The molecule has 16 heavy (non-hydrogen) atoms. The number of allylic oxidation sites excluding steroid dienone is 1. The molecular weight excluding hydrogens is 215 g/mol. The minimum atomic E-state index is -2.25. The molecule has 0 spiro atoms. The molecule has 2 rings (SSSR count). The summed E-state index contributed by atoms with van der Waals surface area (Å²) >= 11 is 0. The lowest BCUT2D eigenvalue weighted by molar-refractivity contribution is 0.485. The maximum absolute atomic E-state index is 12.9. The minimum Gasteiger partial charge on any atom is -0.314 e. The van der Waals surface area contributed by atoms with Crippen molar-refractivity contribution in [1.82, 2.24) is 0 Å². The van der Waals surface area contributed by atoms with Crippen LogP contribution in [0.5, 0.6) is 0 Å². The van der Waals surface area contributed by atoms with Crippen LogP contribution < -0.4 is 5.30 Å². The lowest BCUT2D eigenvalue weighted by Gasteiger charge is -2.17. The Morgan fingerprint density at radius 3 is 2.38 bits per heavy atom. The summed E-state index contributed by atoms with van der Waals surface area (Å²) in [7, 11) is -2.25. The highest BCUT2D eigenvalue weighted by Crippen LogP contribution is 2.56. The van der Waals surface area contributed by atoms with Gasteiger partial charge in [-0.2, -0.15) is 0 Å². The Kier molecular flexibility index (Phi) is 3.08. The summed E-state index contributed by atoms with van der Waals surface area (Å²) in [5.41, 5.74) is 1.31. The Hall–Kier alpha value is -0.810. The Morgan fingerprint density at radius 2 is 1.88 bits per heavy atom. The van der Waals surface area contributed by atoms with E-state index in [-0.39, 0.29) is 0 Å². The summed E-state index contributed by atoms with van der Waals surface area (Å²) in [6.45, 7) is 6.54. The second-order valence-electron chi connectivity index (χ2n) is 5.04. The van der Waals surface area contributed by atoms with Crippen molar-refractivity contribution >= 4 is 12.4 Å². The van der Waals surface area contributed by atoms with Crippen LogP contribution in [-0.4, -0.2) is 6.16 Å². The van der Waals surface area contributed by atoms with E-state index in [0.717, 1.165) is 11.5 Å². The van der Waals surface area contributed by atoms with Crippen molar-refractivity contribution in [2.75, 3.05) is 6.16 Å². The SMILES string of the molecule is CC1=CP(=O)(c2ccccc2)C[C@@H]1C(C)C. The average molecular weight is 234 g/mol. The van der Waals surface area contributed by atoms with Crippen molar-refractivity contribution in [3.63, 3.8) is 0 Å². The second kappa shape index (κ2) is 4.22. The first-order valence-electron chi connectivity index (χ1n) is 5.86. The fourth-order valence-corrected chi connectivity index (χ4v) is 5.80. The van der Waals surface area contributed by atoms with Gasteiger partial charge in [0.05, 0.1) is 0 Å². The summed E-state index contributed by atoms with van der Waals surface area (Å²) in [5.74, 6) is 3.11. The molecule has 0 aliphatic carbocycles. The zero-order valence-corrected chi connectivity index (χ0v) is 11.1. The summed E-state index contributed by atoms with van der Waals surface area (Å²) in [6, 6.07) is 9.91. The van der Waals surface area contributed by atoms with Gasteiger partial charge in [0, 0.05) is 11.5 Å². The maximum atomic E-state index is 12.9. The van der Waals surface area contributed by atoms with Gasteiger partial charge in [-0.05, 0) is 24.6 Å². The van der Waals surface area contributed by atoms with E-state index in [1.54, 1.807) is 0 Å². The molecule has 1 aromatic rings. The van der Waals surface area contributed by atoms with Crippen LogP contribution in [0.15, 0.2) is 41.7 Å². The second-order valence-corrected chi connectivity index (χ2v) is 7.77. The fourth-order valence-electron chi connectivity index (χ4n) is 2.51. The van der Waals surface area contributed by atoms with Gasteiger partial charge < -0.3 is 4.57 Å². The molecule has 1 aliphatic heterocycles. The molecule has 0 saturated heterocycles. The van der Waals surface area contributed by atoms with Gasteiger partial charge >= 0.3 is 0 Å². The zero-order valence-electron chi connectivity index (χ0n) is 10.2. The van der Waals surface area contributed by atoms with Gasteiger partial charge in [-0.1, -0.05) is 49.8 Å². The molecule has 0 aromatic heterocycles. The molecule has 1 nitrogen and oxygen atoms in total. The quantitative estimate of drug-likeness (QED) is 0.710. The summed E-state index contributed by atoms with van der Waals surface area (Å²) < 4.78 is 12.9. The average Bonchev–Trinajstić information content (AvgIpc) is 2.57. The van der Waals surface area contributed by atoms with Crippen LogP contribution in [0.4, 0.5) is 0 Å². The summed E-state index contributed by atoms with van der Waals surface area (Å²) in [5, 5.41) is 1.01. The number of benzene rings is 1. The largest absolute Gasteiger partial charge is 0.314 e. The molecular formula is C14H19OP. The first kappa shape index (κ1) is 11.7. The van der Waals surface area contributed by atoms with Crippen LogP contribution in [0.2, 0.25) is 0 Å². The minimum absolute atomic E-state index is 0.492. The lowest BCUT2D eigenvalue weighted by atomic mass is 9.92. The van der Waals surface area contributed by atoms with E-state index >= 15 is 0 Å². The molecule has 0 saturated carbocycles. The van der Waals surface area contributed by atoms with E-state index in [4.69, 9.17) is 0 Å². The molecule has 0 N–H and O–H groups in total. The van der Waals surface area contributed by atoms with Gasteiger partial charge in [0.15, 0.2) is 0 Å². The predicted molar refractivity (Wildman–Crippen MR) is 70.6 cm³/mol. The molecule has 0 amide bonds. The number of hydrogen-bond donors (Lipinski definition) is 0. The van der Waals surface area contributed by atoms with Gasteiger partial charge in [-0.15, -0.1) is 0 Å². The highest BCUT2D eigenvalue weighted by molar-refractivity contribution is 7.74. The van der Waals surface area contributed by atoms with Gasteiger partial charge in [-0.3, -0.25) is 0 Å². The van der Waals surface area contributed by atoms with Crippen LogP contribution in [0.3, 0.4) is 0 Å². The van der Waals surface area contributed by atoms with Crippen molar-refractivity contribution in [1.29, 1.82) is 0 Å². The van der Waals surface area contributed by atoms with Crippen LogP contribution in [0.1, 0.15) is 20.8 Å². The predicted octanol–water partition coefficient (Wildman–Crippen LogP) is 3.86. The Balaban J connectivity index is 2.35. The molecule has 1 aromatic carbocycles. The van der Waals surface area contributed by atoms with Gasteiger partial charge in [0.1, 0.15) is 7.14 Å². The van der Waals surface area contributed by atoms with Crippen molar-refractivity contribution < 1.29 is 4.57 Å². The van der Waals surface area contributed by atoms with E-state index in [0.29, 0.717) is 11.8 Å². The smallest absolute Gasteiger partial charge is 0.136 e. The normalized spacial score (nSPS) is 29.5. The highest BCUT2D eigenvalue weighted by Gasteiger charge is 2.35. The van der Waals surface area contributed by atoms with Gasteiger partial charge in [0.2, 0.25) is 0 Å². The molecule has 1 aliphatic rings. The van der Waals surface area contributed by atoms with Crippen LogP contribution >= 0.6 is 7.14 Å². The third-order valence-corrected chi connectivity index (χ3v) is 6.40. The standard InChI is InChI=1S/C14H19OP/c1-11(2)14-10-16(15,9-12(14)3)13-7-5-4-6-8-13/h4-9,11,14H,10H2,1-3H3/t14-,16?/m1/s1. The van der Waals surface area contributed by atoms with Crippen molar-refractivity contribution in [2.24, 2.45) is 11.8 Å². The Morgan fingerprint density at radius 1 is 1.25 bits per heavy atom. The Labute approximate surface area is 97.9 Å². The number of hydrogen-bond acceptors (Lipinski definition) is 1. The van der Waals surface area contributed by atoms with E-state index < -0.39 is 7.14 Å². The summed E-state index contributed by atoms with van der Waals surface area (Å²) in [6.07, 6.45) is 0.820. The van der Waals surface area contributed by atoms with E-state index in [9.17, 15) is 4.57 Å². The zero-order chi connectivity index (χ0) is 11.8. The first-order valence-corrected chi connectivity index (χ1v) is 7.83. The molecule has 1 unspecified atom stereocenters. The molecule has 86 valence electrons. The third kappa shape index (κ3) is 2.01. The van der Waals surface area contributed by atoms with Crippen molar-refractivity contribution in [2.45, 2.75) is 20.8 Å². The third-order valence-electron chi connectivity index (χ3n) is 3.46. The van der Waals surface area contributed by atoms with E-state index in [2.05, 4.69) is 20.8 Å². The summed E-state index contributed by atoms with van der Waals surface area (Å²) in [4.78, 5) is 0. The lowest BCUT2D eigenvalue weighted by Crippen LogP contribution is -2.12. The molecule has 2 atom stereocenters. The number of rotatable bonds is 2. The molecule has 0 fully saturated rings. The van der Waals surface area contributed by atoms with Crippen molar-refractivity contribution in [3.05, 3.63) is 41.7 Å². The molecule has 2 heteroatoms. The molecule has 1 heterocycles. The monoisotopic (exact) mass is 234 g/mol. The topological polar surface area (TPSA) is 17.1 Å². The van der Waals surface area contributed by atoms with E-state index in [1.165, 1.54) is 5.57 Å². The maximum Gasteiger partial charge on any atom is 0.136 e. The van der Waals surface area contributed by atoms with Crippen LogP contribution in [0, 0.1) is 11.8 Å². The Bertz CT molecular complexity index is 445. The first-order chi connectivity index (χ1) is 7.53. The van der Waals surface area contributed by atoms with Gasteiger partial charge in [0.25, 0.3) is 0 Å². The van der Waals surface area contributed by atoms with Gasteiger partial charge in [-0.25, -0.2) is 0 Å². The van der Waals surface area contributed by atoms with Crippen LogP contribution in [0.25, 0.3) is 0 Å². The van der Waals surface area contributed by atoms with Crippen molar-refractivity contribution in [3.8, 4) is 0 Å².